The van der Waals surface area contributed by atoms with E-state index in [4.69, 9.17) is 4.74 Å². The molecule has 0 aliphatic carbocycles. The Balaban J connectivity index is 2.19. The number of rotatable bonds is 6. The predicted octanol–water partition coefficient (Wildman–Crippen LogP) is 4.81. The molecule has 3 rings (SSSR count). The lowest BCUT2D eigenvalue weighted by atomic mass is 9.92. The topological polar surface area (TPSA) is 58.6 Å². The van der Waals surface area contributed by atoms with Gasteiger partial charge in [-0.1, -0.05) is 62.4 Å². The Hall–Kier alpha value is -3.01. The van der Waals surface area contributed by atoms with Crippen molar-refractivity contribution in [3.8, 4) is 11.5 Å². The second-order valence-corrected chi connectivity index (χ2v) is 7.06. The molecular weight excluding hydrogens is 338 g/mol. The van der Waals surface area contributed by atoms with Crippen molar-refractivity contribution in [3.05, 3.63) is 71.8 Å². The first kappa shape index (κ1) is 18.8. The molecule has 0 saturated heterocycles. The largest absolute Gasteiger partial charge is 0.508 e. The molecule has 3 aromatic carbocycles. The van der Waals surface area contributed by atoms with Gasteiger partial charge in [0.2, 0.25) is 5.91 Å². The highest BCUT2D eigenvalue weighted by Crippen LogP contribution is 2.38. The van der Waals surface area contributed by atoms with Crippen LogP contribution in [0.5, 0.6) is 11.5 Å². The van der Waals surface area contributed by atoms with E-state index in [2.05, 4.69) is 5.32 Å². The van der Waals surface area contributed by atoms with Crippen molar-refractivity contribution in [2.45, 2.75) is 26.3 Å². The van der Waals surface area contributed by atoms with Gasteiger partial charge in [0.05, 0.1) is 13.2 Å². The maximum absolute atomic E-state index is 12.6. The third-order valence-corrected chi connectivity index (χ3v) is 4.59. The fourth-order valence-corrected chi connectivity index (χ4v) is 3.39. The first-order chi connectivity index (χ1) is 13.0. The summed E-state index contributed by atoms with van der Waals surface area (Å²) in [6, 6.07) is 18.4. The van der Waals surface area contributed by atoms with Gasteiger partial charge in [-0.2, -0.15) is 0 Å². The zero-order chi connectivity index (χ0) is 19.4. The van der Waals surface area contributed by atoms with E-state index in [1.54, 1.807) is 13.2 Å². The Morgan fingerprint density at radius 1 is 1.04 bits per heavy atom. The van der Waals surface area contributed by atoms with Crippen LogP contribution in [-0.2, 0) is 4.79 Å². The lowest BCUT2D eigenvalue weighted by Crippen LogP contribution is -2.30. The molecule has 140 valence electrons. The van der Waals surface area contributed by atoms with Gasteiger partial charge in [-0.15, -0.1) is 0 Å². The van der Waals surface area contributed by atoms with Crippen molar-refractivity contribution in [3.63, 3.8) is 0 Å². The smallest absolute Gasteiger partial charge is 0.221 e. The fourth-order valence-electron chi connectivity index (χ4n) is 3.39. The van der Waals surface area contributed by atoms with E-state index >= 15 is 0 Å². The van der Waals surface area contributed by atoms with Gasteiger partial charge in [0.25, 0.3) is 0 Å². The monoisotopic (exact) mass is 363 g/mol. The summed E-state index contributed by atoms with van der Waals surface area (Å²) in [6.07, 6.45) is 0.414. The first-order valence-corrected chi connectivity index (χ1v) is 9.14. The summed E-state index contributed by atoms with van der Waals surface area (Å²) in [7, 11) is 1.61. The van der Waals surface area contributed by atoms with Gasteiger partial charge in [0, 0.05) is 17.5 Å². The standard InChI is InChI=1S/C23H25NO3/c1-15(2)14-21(26)24-23(18-10-6-7-11-20(18)27-3)22-17-9-5-4-8-16(17)12-13-19(22)25/h4-13,15,23,25H,14H2,1-3H3,(H,24,26)/t23-/m1/s1. The number of phenols is 1. The van der Waals surface area contributed by atoms with E-state index in [1.807, 2.05) is 68.4 Å². The minimum Gasteiger partial charge on any atom is -0.508 e. The van der Waals surface area contributed by atoms with Crippen molar-refractivity contribution in [1.29, 1.82) is 0 Å². The van der Waals surface area contributed by atoms with Gasteiger partial charge >= 0.3 is 0 Å². The number of ether oxygens (including phenoxy) is 1. The van der Waals surface area contributed by atoms with Crippen molar-refractivity contribution in [2.24, 2.45) is 5.92 Å². The first-order valence-electron chi connectivity index (χ1n) is 9.14. The highest BCUT2D eigenvalue weighted by atomic mass is 16.5. The van der Waals surface area contributed by atoms with Crippen molar-refractivity contribution in [2.75, 3.05) is 7.11 Å². The van der Waals surface area contributed by atoms with Crippen LogP contribution < -0.4 is 10.1 Å². The van der Waals surface area contributed by atoms with Crippen molar-refractivity contribution < 1.29 is 14.6 Å². The van der Waals surface area contributed by atoms with Gasteiger partial charge in [-0.05, 0) is 28.8 Å². The SMILES string of the molecule is COc1ccccc1[C@@H](NC(=O)CC(C)C)c1c(O)ccc2ccccc12. The average Bonchev–Trinajstić information content (AvgIpc) is 2.66. The van der Waals surface area contributed by atoms with E-state index in [0.717, 1.165) is 16.3 Å². The molecule has 0 heterocycles. The third kappa shape index (κ3) is 4.05. The van der Waals surface area contributed by atoms with Gasteiger partial charge in [0.1, 0.15) is 11.5 Å². The van der Waals surface area contributed by atoms with E-state index in [1.165, 1.54) is 0 Å². The van der Waals surface area contributed by atoms with Crippen LogP contribution in [0.1, 0.15) is 37.4 Å². The molecule has 0 bridgehead atoms. The Labute approximate surface area is 159 Å². The summed E-state index contributed by atoms with van der Waals surface area (Å²) in [5.41, 5.74) is 1.48. The molecule has 2 N–H and O–H groups in total. The number of hydrogen-bond acceptors (Lipinski definition) is 3. The van der Waals surface area contributed by atoms with Gasteiger partial charge < -0.3 is 15.2 Å². The zero-order valence-electron chi connectivity index (χ0n) is 15.9. The molecule has 4 nitrogen and oxygen atoms in total. The number of fused-ring (bicyclic) bond motifs is 1. The number of hydrogen-bond donors (Lipinski definition) is 2. The molecule has 0 aromatic heterocycles. The van der Waals surface area contributed by atoms with Crippen LogP contribution in [0.4, 0.5) is 0 Å². The Morgan fingerprint density at radius 3 is 2.48 bits per heavy atom. The van der Waals surface area contributed by atoms with Gasteiger partial charge in [-0.3, -0.25) is 4.79 Å². The summed E-state index contributed by atoms with van der Waals surface area (Å²) < 4.78 is 5.53. The molecule has 1 amide bonds. The van der Waals surface area contributed by atoms with Crippen LogP contribution in [0, 0.1) is 5.92 Å². The molecule has 0 aliphatic rings. The minimum atomic E-state index is -0.515. The number of para-hydroxylation sites is 1. The van der Waals surface area contributed by atoms with Crippen LogP contribution in [0.25, 0.3) is 10.8 Å². The summed E-state index contributed by atoms with van der Waals surface area (Å²) in [5.74, 6) is 0.992. The number of nitrogens with one attached hydrogen (secondary N) is 1. The highest BCUT2D eigenvalue weighted by Gasteiger charge is 2.25. The number of aromatic hydroxyl groups is 1. The van der Waals surface area contributed by atoms with Crippen LogP contribution in [0.15, 0.2) is 60.7 Å². The molecule has 27 heavy (non-hydrogen) atoms. The molecule has 0 saturated carbocycles. The molecule has 3 aromatic rings. The highest BCUT2D eigenvalue weighted by molar-refractivity contribution is 5.89. The second-order valence-electron chi connectivity index (χ2n) is 7.06. The molecule has 4 heteroatoms. The summed E-state index contributed by atoms with van der Waals surface area (Å²) in [4.78, 5) is 12.6. The average molecular weight is 363 g/mol. The quantitative estimate of drug-likeness (QED) is 0.661. The zero-order valence-corrected chi connectivity index (χ0v) is 15.9. The molecule has 0 radical (unpaired) electrons. The summed E-state index contributed by atoms with van der Waals surface area (Å²) in [5, 5.41) is 15.7. The van der Waals surface area contributed by atoms with Crippen LogP contribution in [0.2, 0.25) is 0 Å². The summed E-state index contributed by atoms with van der Waals surface area (Å²) >= 11 is 0. The number of amides is 1. The number of carbonyl (C=O) groups excluding carboxylic acids is 1. The molecule has 0 aliphatic heterocycles. The second kappa shape index (κ2) is 8.12. The molecular formula is C23H25NO3. The Morgan fingerprint density at radius 2 is 1.74 bits per heavy atom. The maximum Gasteiger partial charge on any atom is 0.221 e. The van der Waals surface area contributed by atoms with Gasteiger partial charge in [-0.25, -0.2) is 0 Å². The number of carbonyl (C=O) groups is 1. The van der Waals surface area contributed by atoms with E-state index in [0.29, 0.717) is 17.7 Å². The Bertz CT molecular complexity index is 949. The lowest BCUT2D eigenvalue weighted by Gasteiger charge is -2.24. The lowest BCUT2D eigenvalue weighted by molar-refractivity contribution is -0.122. The molecule has 1 atom stereocenters. The van der Waals surface area contributed by atoms with Crippen molar-refractivity contribution in [1.82, 2.24) is 5.32 Å². The van der Waals surface area contributed by atoms with E-state index < -0.39 is 6.04 Å². The van der Waals surface area contributed by atoms with Crippen LogP contribution in [0.3, 0.4) is 0 Å². The predicted molar refractivity (Wildman–Crippen MR) is 108 cm³/mol. The number of methoxy groups -OCH3 is 1. The molecule has 0 unspecified atom stereocenters. The normalized spacial score (nSPS) is 12.1. The molecule has 0 fully saturated rings. The van der Waals surface area contributed by atoms with E-state index in [9.17, 15) is 9.90 Å². The van der Waals surface area contributed by atoms with Crippen molar-refractivity contribution >= 4 is 16.7 Å². The fraction of sp³-hybridized carbons (Fsp3) is 0.261. The third-order valence-electron chi connectivity index (χ3n) is 4.59. The number of phenolic OH excluding ortho intramolecular Hbond substituents is 1. The van der Waals surface area contributed by atoms with E-state index in [-0.39, 0.29) is 17.6 Å². The molecule has 0 spiro atoms. The minimum absolute atomic E-state index is 0.0618. The van der Waals surface area contributed by atoms with Crippen LogP contribution >= 0.6 is 0 Å². The summed E-state index contributed by atoms with van der Waals surface area (Å²) in [6.45, 7) is 4.01. The maximum atomic E-state index is 12.6. The van der Waals surface area contributed by atoms with Crippen LogP contribution in [-0.4, -0.2) is 18.1 Å². The van der Waals surface area contributed by atoms with Gasteiger partial charge in [0.15, 0.2) is 0 Å². The number of benzene rings is 3. The Kier molecular flexibility index (Phi) is 5.65.